The summed E-state index contributed by atoms with van der Waals surface area (Å²) >= 11 is 0. The molecular weight excluding hydrogens is 388 g/mol. The van der Waals surface area contributed by atoms with Crippen LogP contribution >= 0.6 is 0 Å². The molecular formula is C25H40N4O2. The number of ether oxygens (including phenoxy) is 1. The van der Waals surface area contributed by atoms with Crippen molar-refractivity contribution in [3.8, 4) is 0 Å². The third-order valence-electron chi connectivity index (χ3n) is 7.26. The molecule has 6 heteroatoms. The molecule has 0 aliphatic carbocycles. The predicted molar refractivity (Wildman–Crippen MR) is 124 cm³/mol. The molecule has 0 bridgehead atoms. The quantitative estimate of drug-likeness (QED) is 0.783. The van der Waals surface area contributed by atoms with Gasteiger partial charge in [-0.25, -0.2) is 4.79 Å². The minimum Gasteiger partial charge on any atom is -0.375 e. The third-order valence-corrected chi connectivity index (χ3v) is 7.26. The van der Waals surface area contributed by atoms with Gasteiger partial charge in [-0.15, -0.1) is 0 Å². The van der Waals surface area contributed by atoms with Crippen LogP contribution in [0, 0.1) is 5.92 Å². The second-order valence-electron chi connectivity index (χ2n) is 10.0. The van der Waals surface area contributed by atoms with E-state index in [1.807, 2.05) is 35.2 Å². The second-order valence-corrected chi connectivity index (χ2v) is 10.0. The van der Waals surface area contributed by atoms with Gasteiger partial charge >= 0.3 is 6.03 Å². The zero-order valence-electron chi connectivity index (χ0n) is 19.4. The van der Waals surface area contributed by atoms with Gasteiger partial charge in [-0.3, -0.25) is 4.90 Å². The van der Waals surface area contributed by atoms with Crippen LogP contribution in [-0.4, -0.2) is 84.8 Å². The van der Waals surface area contributed by atoms with Gasteiger partial charge in [0.25, 0.3) is 0 Å². The second kappa shape index (κ2) is 10.3. The summed E-state index contributed by atoms with van der Waals surface area (Å²) in [6.45, 7) is 13.6. The first-order valence-corrected chi connectivity index (χ1v) is 12.2. The van der Waals surface area contributed by atoms with E-state index in [-0.39, 0.29) is 11.6 Å². The summed E-state index contributed by atoms with van der Waals surface area (Å²) < 4.78 is 6.36. The molecule has 31 heavy (non-hydrogen) atoms. The zero-order chi connectivity index (χ0) is 21.7. The van der Waals surface area contributed by atoms with Crippen molar-refractivity contribution in [2.24, 2.45) is 5.92 Å². The molecule has 172 valence electrons. The number of urea groups is 1. The first-order chi connectivity index (χ1) is 15.0. The molecule has 0 unspecified atom stereocenters. The van der Waals surface area contributed by atoms with Gasteiger partial charge < -0.3 is 19.9 Å². The first kappa shape index (κ1) is 22.6. The van der Waals surface area contributed by atoms with Gasteiger partial charge in [0.15, 0.2) is 0 Å². The molecule has 0 radical (unpaired) electrons. The van der Waals surface area contributed by atoms with Crippen molar-refractivity contribution in [3.05, 3.63) is 35.9 Å². The molecule has 6 nitrogen and oxygen atoms in total. The Balaban J connectivity index is 1.23. The predicted octanol–water partition coefficient (Wildman–Crippen LogP) is 3.18. The van der Waals surface area contributed by atoms with Gasteiger partial charge in [0.2, 0.25) is 0 Å². The monoisotopic (exact) mass is 428 g/mol. The Morgan fingerprint density at radius 2 is 1.81 bits per heavy atom. The molecule has 4 rings (SSSR count). The number of likely N-dealkylation sites (tertiary alicyclic amines) is 1. The molecule has 1 aromatic rings. The molecule has 3 saturated heterocycles. The molecule has 2 amide bonds. The highest BCUT2D eigenvalue weighted by atomic mass is 16.5. The molecule has 1 aromatic carbocycles. The maximum atomic E-state index is 12.6. The van der Waals surface area contributed by atoms with Crippen molar-refractivity contribution in [3.63, 3.8) is 0 Å². The number of piperazine rings is 1. The topological polar surface area (TPSA) is 48.1 Å². The molecule has 3 aliphatic heterocycles. The maximum absolute atomic E-state index is 12.6. The molecule has 0 aromatic heterocycles. The molecule has 3 aliphatic rings. The lowest BCUT2D eigenvalue weighted by Gasteiger charge is -2.49. The number of amides is 2. The number of carbonyl (C=O) groups is 1. The van der Waals surface area contributed by atoms with E-state index in [9.17, 15) is 4.79 Å². The summed E-state index contributed by atoms with van der Waals surface area (Å²) in [5.41, 5.74) is 1.10. The Bertz CT molecular complexity index is 695. The fraction of sp³-hybridized carbons (Fsp3) is 0.720. The smallest absolute Gasteiger partial charge is 0.317 e. The van der Waals surface area contributed by atoms with Crippen LogP contribution < -0.4 is 5.32 Å². The van der Waals surface area contributed by atoms with Crippen molar-refractivity contribution >= 4 is 6.03 Å². The normalized spacial score (nSPS) is 25.1. The Labute approximate surface area is 187 Å². The lowest BCUT2D eigenvalue weighted by Crippen LogP contribution is -2.58. The van der Waals surface area contributed by atoms with Gasteiger partial charge in [0.1, 0.15) is 0 Å². The summed E-state index contributed by atoms with van der Waals surface area (Å²) in [4.78, 5) is 19.9. The Morgan fingerprint density at radius 1 is 1.10 bits per heavy atom. The number of nitrogens with zero attached hydrogens (tertiary/aromatic N) is 3. The number of hydrogen-bond donors (Lipinski definition) is 1. The first-order valence-electron chi connectivity index (χ1n) is 12.2. The van der Waals surface area contributed by atoms with Crippen LogP contribution in [-0.2, 0) is 11.3 Å². The fourth-order valence-corrected chi connectivity index (χ4v) is 5.49. The van der Waals surface area contributed by atoms with Crippen LogP contribution in [0.3, 0.4) is 0 Å². The molecule has 1 atom stereocenters. The summed E-state index contributed by atoms with van der Waals surface area (Å²) in [7, 11) is 0. The van der Waals surface area contributed by atoms with E-state index in [2.05, 4.69) is 29.0 Å². The Kier molecular flexibility index (Phi) is 7.51. The van der Waals surface area contributed by atoms with Crippen molar-refractivity contribution in [2.75, 3.05) is 52.4 Å². The van der Waals surface area contributed by atoms with Gasteiger partial charge in [-0.2, -0.15) is 0 Å². The number of benzene rings is 1. The Morgan fingerprint density at radius 3 is 2.48 bits per heavy atom. The van der Waals surface area contributed by atoms with Crippen LogP contribution in [0.25, 0.3) is 0 Å². The number of carbonyl (C=O) groups excluding carboxylic acids is 1. The summed E-state index contributed by atoms with van der Waals surface area (Å²) in [6.07, 6.45) is 4.18. The van der Waals surface area contributed by atoms with Crippen LogP contribution in [0.5, 0.6) is 0 Å². The molecule has 0 saturated carbocycles. The highest BCUT2D eigenvalue weighted by molar-refractivity contribution is 5.74. The van der Waals surface area contributed by atoms with E-state index in [0.717, 1.165) is 56.9 Å². The average Bonchev–Trinajstić information content (AvgIpc) is 2.79. The van der Waals surface area contributed by atoms with Gasteiger partial charge in [0.05, 0.1) is 5.60 Å². The number of rotatable bonds is 5. The fourth-order valence-electron chi connectivity index (χ4n) is 5.49. The maximum Gasteiger partial charge on any atom is 0.317 e. The van der Waals surface area contributed by atoms with E-state index >= 15 is 0 Å². The van der Waals surface area contributed by atoms with Crippen LogP contribution in [0.4, 0.5) is 4.79 Å². The van der Waals surface area contributed by atoms with E-state index < -0.39 is 0 Å². The number of nitrogens with one attached hydrogen (secondary N) is 1. The minimum absolute atomic E-state index is 0.0335. The van der Waals surface area contributed by atoms with E-state index in [4.69, 9.17) is 4.74 Å². The van der Waals surface area contributed by atoms with E-state index in [0.29, 0.717) is 12.6 Å². The molecule has 1 spiro atoms. The number of hydrogen-bond acceptors (Lipinski definition) is 4. The van der Waals surface area contributed by atoms with Crippen molar-refractivity contribution in [1.82, 2.24) is 20.0 Å². The third kappa shape index (κ3) is 5.99. The van der Waals surface area contributed by atoms with Crippen LogP contribution in [0.2, 0.25) is 0 Å². The van der Waals surface area contributed by atoms with Crippen molar-refractivity contribution in [2.45, 2.75) is 57.7 Å². The summed E-state index contributed by atoms with van der Waals surface area (Å²) in [6, 6.07) is 10.8. The molecule has 3 fully saturated rings. The van der Waals surface area contributed by atoms with Gasteiger partial charge in [-0.05, 0) is 37.2 Å². The van der Waals surface area contributed by atoms with Crippen LogP contribution in [0.1, 0.15) is 45.1 Å². The van der Waals surface area contributed by atoms with Crippen molar-refractivity contribution < 1.29 is 9.53 Å². The highest BCUT2D eigenvalue weighted by Crippen LogP contribution is 2.37. The lowest BCUT2D eigenvalue weighted by atomic mass is 9.81. The average molecular weight is 429 g/mol. The highest BCUT2D eigenvalue weighted by Gasteiger charge is 2.42. The Hall–Kier alpha value is -1.63. The SMILES string of the molecule is CC(C)CN1CCN([C@H]2CCOC3(CCN(C(=O)NCc4ccccc4)CC3)C2)CC1. The summed E-state index contributed by atoms with van der Waals surface area (Å²) in [5, 5.41) is 3.07. The number of piperidine rings is 1. The zero-order valence-corrected chi connectivity index (χ0v) is 19.4. The van der Waals surface area contributed by atoms with Gasteiger partial charge in [0, 0.05) is 65.0 Å². The van der Waals surface area contributed by atoms with Crippen LogP contribution in [0.15, 0.2) is 30.3 Å². The molecule has 1 N–H and O–H groups in total. The van der Waals surface area contributed by atoms with Crippen molar-refractivity contribution in [1.29, 1.82) is 0 Å². The largest absolute Gasteiger partial charge is 0.375 e. The summed E-state index contributed by atoms with van der Waals surface area (Å²) in [5.74, 6) is 0.743. The standard InChI is InChI=1S/C25H40N4O2/c1-21(2)20-27-13-15-28(16-14-27)23-8-17-31-25(18-23)9-11-29(12-10-25)24(30)26-19-22-6-4-3-5-7-22/h3-7,21,23H,8-20H2,1-2H3,(H,26,30)/t23-/m0/s1. The minimum atomic E-state index is -0.0335. The lowest BCUT2D eigenvalue weighted by molar-refractivity contribution is -0.132. The molecule has 3 heterocycles. The van der Waals surface area contributed by atoms with E-state index in [1.54, 1.807) is 0 Å². The van der Waals surface area contributed by atoms with Gasteiger partial charge in [-0.1, -0.05) is 44.2 Å². The van der Waals surface area contributed by atoms with E-state index in [1.165, 1.54) is 32.7 Å².